The summed E-state index contributed by atoms with van der Waals surface area (Å²) in [6.45, 7) is 5.85. The van der Waals surface area contributed by atoms with Gasteiger partial charge in [-0.05, 0) is 50.0 Å². The first-order chi connectivity index (χ1) is 14.3. The zero-order valence-corrected chi connectivity index (χ0v) is 19.0. The van der Waals surface area contributed by atoms with Crippen LogP contribution in [-0.4, -0.2) is 39.2 Å². The molecule has 0 aromatic carbocycles. The Balaban J connectivity index is 1.55. The number of hydrogen-bond donors (Lipinski definition) is 3. The zero-order chi connectivity index (χ0) is 21.5. The number of hydrogen-bond acceptors (Lipinski definition) is 8. The van der Waals surface area contributed by atoms with Crippen molar-refractivity contribution < 1.29 is 5.11 Å². The van der Waals surface area contributed by atoms with Crippen LogP contribution in [0.5, 0.6) is 0 Å². The van der Waals surface area contributed by atoms with Crippen LogP contribution >= 0.6 is 23.4 Å². The number of pyridine rings is 1. The number of piperidine rings is 1. The normalized spacial score (nSPS) is 23.3. The maximum atomic E-state index is 10.00. The number of halogens is 1. The van der Waals surface area contributed by atoms with E-state index in [0.29, 0.717) is 21.7 Å². The van der Waals surface area contributed by atoms with Gasteiger partial charge in [0.2, 0.25) is 0 Å². The Hall–Kier alpha value is -1.61. The zero-order valence-electron chi connectivity index (χ0n) is 17.4. The summed E-state index contributed by atoms with van der Waals surface area (Å²) in [5.41, 5.74) is 13.9. The monoisotopic (exact) mass is 448 g/mol. The molecule has 2 fully saturated rings. The Morgan fingerprint density at radius 3 is 2.70 bits per heavy atom. The number of nitrogens with zero attached hydrogens (tertiary/aromatic N) is 4. The van der Waals surface area contributed by atoms with E-state index in [1.54, 1.807) is 12.3 Å². The highest BCUT2D eigenvalue weighted by Gasteiger charge is 2.46. The highest BCUT2D eigenvalue weighted by molar-refractivity contribution is 7.99. The SMILES string of the molecule is Cc1nc(N2CCC3(CC2)C[C@@H](C)C[C@H]3N)c(CO)nc1Sc1ccnc(N)c1Cl. The molecule has 1 saturated heterocycles. The van der Waals surface area contributed by atoms with Gasteiger partial charge in [0.05, 0.1) is 17.3 Å². The minimum absolute atomic E-state index is 0.166. The van der Waals surface area contributed by atoms with Gasteiger partial charge in [0.25, 0.3) is 0 Å². The number of anilines is 2. The van der Waals surface area contributed by atoms with Crippen LogP contribution in [-0.2, 0) is 6.61 Å². The topological polar surface area (TPSA) is 114 Å². The number of aliphatic hydroxyl groups is 1. The number of nitrogens with two attached hydrogens (primary N) is 2. The minimum atomic E-state index is -0.166. The molecule has 3 heterocycles. The van der Waals surface area contributed by atoms with E-state index in [4.69, 9.17) is 33.0 Å². The van der Waals surface area contributed by atoms with Crippen molar-refractivity contribution in [2.24, 2.45) is 17.1 Å². The van der Waals surface area contributed by atoms with Crippen molar-refractivity contribution in [3.05, 3.63) is 28.7 Å². The summed E-state index contributed by atoms with van der Waals surface area (Å²) >= 11 is 7.66. The molecule has 0 bridgehead atoms. The molecule has 2 aliphatic rings. The van der Waals surface area contributed by atoms with E-state index in [0.717, 1.165) is 48.8 Å². The lowest BCUT2D eigenvalue weighted by atomic mass is 9.74. The lowest BCUT2D eigenvalue weighted by Crippen LogP contribution is -2.47. The third-order valence-corrected chi connectivity index (χ3v) is 8.22. The lowest BCUT2D eigenvalue weighted by Gasteiger charge is -2.43. The number of aryl methyl sites for hydroxylation is 1. The van der Waals surface area contributed by atoms with Crippen molar-refractivity contribution in [3.63, 3.8) is 0 Å². The van der Waals surface area contributed by atoms with Gasteiger partial charge in [0, 0.05) is 30.2 Å². The van der Waals surface area contributed by atoms with Crippen LogP contribution in [0.1, 0.15) is 44.0 Å². The van der Waals surface area contributed by atoms with E-state index in [9.17, 15) is 5.11 Å². The Bertz CT molecular complexity index is 934. The molecule has 162 valence electrons. The van der Waals surface area contributed by atoms with Crippen molar-refractivity contribution in [2.75, 3.05) is 23.7 Å². The first-order valence-corrected chi connectivity index (χ1v) is 11.6. The van der Waals surface area contributed by atoms with Crippen molar-refractivity contribution in [1.29, 1.82) is 0 Å². The Morgan fingerprint density at radius 2 is 2.07 bits per heavy atom. The van der Waals surface area contributed by atoms with Crippen LogP contribution in [0.2, 0.25) is 5.02 Å². The summed E-state index contributed by atoms with van der Waals surface area (Å²) in [5.74, 6) is 1.76. The van der Waals surface area contributed by atoms with Gasteiger partial charge in [0.1, 0.15) is 16.5 Å². The molecule has 0 radical (unpaired) electrons. The molecule has 5 N–H and O–H groups in total. The summed E-state index contributed by atoms with van der Waals surface area (Å²) in [6.07, 6.45) is 6.07. The van der Waals surface area contributed by atoms with Gasteiger partial charge in [-0.2, -0.15) is 0 Å². The van der Waals surface area contributed by atoms with Crippen LogP contribution in [0.15, 0.2) is 22.2 Å². The van der Waals surface area contributed by atoms with Gasteiger partial charge in [-0.15, -0.1) is 0 Å². The number of nitrogen functional groups attached to an aromatic ring is 1. The van der Waals surface area contributed by atoms with Crippen LogP contribution < -0.4 is 16.4 Å². The van der Waals surface area contributed by atoms with Crippen molar-refractivity contribution in [1.82, 2.24) is 15.0 Å². The van der Waals surface area contributed by atoms with Crippen molar-refractivity contribution >= 4 is 35.0 Å². The summed E-state index contributed by atoms with van der Waals surface area (Å²) in [6, 6.07) is 2.09. The fraction of sp³-hybridized carbons (Fsp3) is 0.571. The van der Waals surface area contributed by atoms with E-state index in [1.165, 1.54) is 18.2 Å². The second kappa shape index (κ2) is 8.49. The average Bonchev–Trinajstić information content (AvgIpc) is 2.99. The van der Waals surface area contributed by atoms with E-state index >= 15 is 0 Å². The van der Waals surface area contributed by atoms with E-state index in [-0.39, 0.29) is 23.9 Å². The van der Waals surface area contributed by atoms with Crippen LogP contribution in [0.4, 0.5) is 11.6 Å². The van der Waals surface area contributed by atoms with Gasteiger partial charge < -0.3 is 21.5 Å². The molecule has 30 heavy (non-hydrogen) atoms. The minimum Gasteiger partial charge on any atom is -0.390 e. The third-order valence-electron chi connectivity index (χ3n) is 6.57. The summed E-state index contributed by atoms with van der Waals surface area (Å²) < 4.78 is 0. The van der Waals surface area contributed by atoms with Gasteiger partial charge >= 0.3 is 0 Å². The molecule has 0 amide bonds. The highest BCUT2D eigenvalue weighted by Crippen LogP contribution is 2.48. The van der Waals surface area contributed by atoms with Gasteiger partial charge in [-0.1, -0.05) is 30.3 Å². The number of aliphatic hydroxyl groups excluding tert-OH is 1. The molecule has 4 rings (SSSR count). The molecule has 1 aliphatic carbocycles. The van der Waals surface area contributed by atoms with Gasteiger partial charge in [0.15, 0.2) is 5.82 Å². The second-order valence-electron chi connectivity index (χ2n) is 8.65. The first kappa shape index (κ1) is 21.6. The van der Waals surface area contributed by atoms with Crippen molar-refractivity contribution in [3.8, 4) is 0 Å². The lowest BCUT2D eigenvalue weighted by molar-refractivity contribution is 0.192. The molecular formula is C21H29ClN6OS. The second-order valence-corrected chi connectivity index (χ2v) is 10.1. The maximum Gasteiger partial charge on any atom is 0.153 e. The summed E-state index contributed by atoms with van der Waals surface area (Å²) in [5, 5.41) is 11.1. The van der Waals surface area contributed by atoms with E-state index < -0.39 is 0 Å². The largest absolute Gasteiger partial charge is 0.390 e. The maximum absolute atomic E-state index is 10.00. The third kappa shape index (κ3) is 3.98. The predicted octanol–water partition coefficient (Wildman–Crippen LogP) is 3.40. The predicted molar refractivity (Wildman–Crippen MR) is 121 cm³/mol. The van der Waals surface area contributed by atoms with Crippen LogP contribution in [0, 0.1) is 18.3 Å². The highest BCUT2D eigenvalue weighted by atomic mass is 35.5. The van der Waals surface area contributed by atoms with Crippen LogP contribution in [0.25, 0.3) is 0 Å². The molecule has 9 heteroatoms. The molecule has 2 aromatic rings. The quantitative estimate of drug-likeness (QED) is 0.651. The molecule has 1 aliphatic heterocycles. The number of rotatable bonds is 4. The Kier molecular flexibility index (Phi) is 6.12. The smallest absolute Gasteiger partial charge is 0.153 e. The number of aromatic nitrogens is 3. The average molecular weight is 449 g/mol. The molecule has 7 nitrogen and oxygen atoms in total. The first-order valence-electron chi connectivity index (χ1n) is 10.4. The Morgan fingerprint density at radius 1 is 1.33 bits per heavy atom. The fourth-order valence-corrected chi connectivity index (χ4v) is 6.06. The molecule has 0 unspecified atom stereocenters. The van der Waals surface area contributed by atoms with Gasteiger partial charge in [-0.3, -0.25) is 0 Å². The molecule has 2 atom stereocenters. The fourth-order valence-electron chi connectivity index (χ4n) is 4.96. The molecular weight excluding hydrogens is 420 g/mol. The van der Waals surface area contributed by atoms with Crippen LogP contribution in [0.3, 0.4) is 0 Å². The molecule has 1 saturated carbocycles. The summed E-state index contributed by atoms with van der Waals surface area (Å²) in [4.78, 5) is 16.5. The van der Waals surface area contributed by atoms with Gasteiger partial charge in [-0.25, -0.2) is 15.0 Å². The molecule has 1 spiro atoms. The van der Waals surface area contributed by atoms with E-state index in [2.05, 4.69) is 16.8 Å². The Labute approximate surface area is 186 Å². The van der Waals surface area contributed by atoms with E-state index in [1.807, 2.05) is 6.92 Å². The van der Waals surface area contributed by atoms with Crippen molar-refractivity contribution in [2.45, 2.75) is 62.1 Å². The standard InChI is InChI=1S/C21H29ClN6OS/c1-12-9-16(23)21(10-12)4-7-28(8-5-21)19-14(11-29)27-20(13(2)26-19)30-15-3-6-25-18(24)17(15)22/h3,6,12,16,29H,4-5,7-11,23H2,1-2H3,(H2,24,25)/t12-,16+/m0/s1. The summed E-state index contributed by atoms with van der Waals surface area (Å²) in [7, 11) is 0. The molecule has 2 aromatic heterocycles.